The van der Waals surface area contributed by atoms with Crippen LogP contribution in [0.4, 0.5) is 5.69 Å². The minimum atomic E-state index is -0.701. The molecule has 23 heavy (non-hydrogen) atoms. The maximum atomic E-state index is 12.0. The number of carbonyl (C=O) groups excluding carboxylic acids is 1. The number of nitro groups is 1. The normalized spacial score (nSPS) is 10.6. The zero-order valence-corrected chi connectivity index (χ0v) is 13.1. The van der Waals surface area contributed by atoms with Crippen molar-refractivity contribution in [1.82, 2.24) is 25.3 Å². The first kappa shape index (κ1) is 16.5. The molecule has 0 bridgehead atoms. The van der Waals surface area contributed by atoms with E-state index in [-0.39, 0.29) is 11.6 Å². The molecule has 0 saturated carbocycles. The predicted octanol–water partition coefficient (Wildman–Crippen LogP) is 0.960. The molecule has 0 fully saturated rings. The molecule has 0 saturated heterocycles. The van der Waals surface area contributed by atoms with Crippen LogP contribution in [0.15, 0.2) is 6.07 Å². The van der Waals surface area contributed by atoms with Gasteiger partial charge in [0.2, 0.25) is 5.69 Å². The Labute approximate surface area is 132 Å². The van der Waals surface area contributed by atoms with Crippen LogP contribution in [0.2, 0.25) is 0 Å². The third-order valence-electron chi connectivity index (χ3n) is 3.25. The Bertz CT molecular complexity index is 720. The molecule has 0 radical (unpaired) electrons. The van der Waals surface area contributed by atoms with Gasteiger partial charge in [0, 0.05) is 18.8 Å². The summed E-state index contributed by atoms with van der Waals surface area (Å²) in [5, 5.41) is 23.9. The molecule has 0 atom stereocenters. The van der Waals surface area contributed by atoms with E-state index in [1.807, 2.05) is 24.6 Å². The van der Waals surface area contributed by atoms with E-state index in [1.165, 1.54) is 7.11 Å². The summed E-state index contributed by atoms with van der Waals surface area (Å²) in [6.45, 7) is 4.87. The average Bonchev–Trinajstić information content (AvgIpc) is 3.06. The van der Waals surface area contributed by atoms with Crippen LogP contribution in [-0.4, -0.2) is 44.5 Å². The molecular formula is C13H18N6O4. The summed E-state index contributed by atoms with van der Waals surface area (Å²) in [4.78, 5) is 22.3. The lowest BCUT2D eigenvalue weighted by atomic mass is 10.3. The molecule has 2 N–H and O–H groups in total. The largest absolute Gasteiger partial charge is 0.475 e. The van der Waals surface area contributed by atoms with Crippen molar-refractivity contribution in [2.75, 3.05) is 13.7 Å². The van der Waals surface area contributed by atoms with Gasteiger partial charge in [-0.1, -0.05) is 0 Å². The number of aryl methyl sites for hydroxylation is 3. The number of rotatable bonds is 7. The average molecular weight is 322 g/mol. The van der Waals surface area contributed by atoms with Crippen LogP contribution in [0, 0.1) is 24.0 Å². The second kappa shape index (κ2) is 6.90. The van der Waals surface area contributed by atoms with Gasteiger partial charge in [0.1, 0.15) is 0 Å². The van der Waals surface area contributed by atoms with Crippen molar-refractivity contribution in [1.29, 1.82) is 0 Å². The lowest BCUT2D eigenvalue weighted by Gasteiger charge is -2.05. The monoisotopic (exact) mass is 322 g/mol. The van der Waals surface area contributed by atoms with E-state index in [0.717, 1.165) is 11.4 Å². The van der Waals surface area contributed by atoms with Gasteiger partial charge in [-0.3, -0.25) is 24.7 Å². The highest BCUT2D eigenvalue weighted by Crippen LogP contribution is 2.27. The molecule has 0 aromatic carbocycles. The van der Waals surface area contributed by atoms with Crippen LogP contribution in [0.3, 0.4) is 0 Å². The van der Waals surface area contributed by atoms with Gasteiger partial charge in [-0.25, -0.2) is 0 Å². The quantitative estimate of drug-likeness (QED) is 0.444. The smallest absolute Gasteiger partial charge is 0.362 e. The van der Waals surface area contributed by atoms with Gasteiger partial charge in [0.25, 0.3) is 5.91 Å². The van der Waals surface area contributed by atoms with E-state index >= 15 is 0 Å². The van der Waals surface area contributed by atoms with Crippen molar-refractivity contribution < 1.29 is 14.5 Å². The standard InChI is InChI=1S/C13H18N6O4/c1-8-7-9(2)18(17-8)6-4-5-14-12(20)10-11(19(21)22)13(23-3)16-15-10/h7H,4-6H2,1-3H3,(H,14,20)(H,15,16). The number of carbonyl (C=O) groups is 1. The van der Waals surface area contributed by atoms with Crippen LogP contribution in [0.1, 0.15) is 28.3 Å². The highest BCUT2D eigenvalue weighted by molar-refractivity contribution is 5.97. The van der Waals surface area contributed by atoms with E-state index in [1.54, 1.807) is 0 Å². The van der Waals surface area contributed by atoms with Crippen molar-refractivity contribution in [2.24, 2.45) is 0 Å². The molecule has 0 spiro atoms. The van der Waals surface area contributed by atoms with Crippen LogP contribution < -0.4 is 10.1 Å². The van der Waals surface area contributed by atoms with E-state index in [0.29, 0.717) is 19.5 Å². The molecular weight excluding hydrogens is 304 g/mol. The SMILES string of the molecule is COc1n[nH]c(C(=O)NCCCn2nc(C)cc2C)c1[N+](=O)[O-]. The van der Waals surface area contributed by atoms with Crippen molar-refractivity contribution in [2.45, 2.75) is 26.8 Å². The zero-order valence-electron chi connectivity index (χ0n) is 13.1. The summed E-state index contributed by atoms with van der Waals surface area (Å²) < 4.78 is 6.61. The van der Waals surface area contributed by atoms with Crippen molar-refractivity contribution in [3.63, 3.8) is 0 Å². The maximum Gasteiger partial charge on any atom is 0.362 e. The third-order valence-corrected chi connectivity index (χ3v) is 3.25. The number of hydrogen-bond acceptors (Lipinski definition) is 6. The summed E-state index contributed by atoms with van der Waals surface area (Å²) in [6, 6.07) is 1.97. The van der Waals surface area contributed by atoms with Gasteiger partial charge in [-0.2, -0.15) is 5.10 Å². The number of ether oxygens (including phenoxy) is 1. The first-order valence-electron chi connectivity index (χ1n) is 7.00. The number of hydrogen-bond donors (Lipinski definition) is 2. The highest BCUT2D eigenvalue weighted by atomic mass is 16.6. The Morgan fingerprint density at radius 2 is 2.26 bits per heavy atom. The topological polar surface area (TPSA) is 128 Å². The molecule has 10 nitrogen and oxygen atoms in total. The number of nitrogens with one attached hydrogen (secondary N) is 2. The Hall–Kier alpha value is -2.91. The lowest BCUT2D eigenvalue weighted by Crippen LogP contribution is -2.26. The molecule has 2 aromatic rings. The summed E-state index contributed by atoms with van der Waals surface area (Å²) in [5.41, 5.74) is 1.29. The Balaban J connectivity index is 1.91. The molecule has 124 valence electrons. The van der Waals surface area contributed by atoms with Gasteiger partial charge in [0.05, 0.1) is 17.7 Å². The molecule has 1 amide bonds. The summed E-state index contributed by atoms with van der Waals surface area (Å²) in [5.74, 6) is -0.816. The lowest BCUT2D eigenvalue weighted by molar-refractivity contribution is -0.386. The number of aromatic amines is 1. The van der Waals surface area contributed by atoms with Crippen molar-refractivity contribution in [3.05, 3.63) is 33.3 Å². The van der Waals surface area contributed by atoms with E-state index in [2.05, 4.69) is 20.6 Å². The Morgan fingerprint density at radius 3 is 2.83 bits per heavy atom. The minimum absolute atomic E-state index is 0.220. The Morgan fingerprint density at radius 1 is 1.52 bits per heavy atom. The highest BCUT2D eigenvalue weighted by Gasteiger charge is 2.29. The molecule has 0 aliphatic rings. The van der Waals surface area contributed by atoms with E-state index < -0.39 is 16.5 Å². The van der Waals surface area contributed by atoms with E-state index in [4.69, 9.17) is 4.74 Å². The molecule has 0 unspecified atom stereocenters. The zero-order chi connectivity index (χ0) is 17.0. The molecule has 10 heteroatoms. The predicted molar refractivity (Wildman–Crippen MR) is 80.4 cm³/mol. The van der Waals surface area contributed by atoms with Gasteiger partial charge in [-0.15, -0.1) is 5.10 Å². The first-order chi connectivity index (χ1) is 10.9. The van der Waals surface area contributed by atoms with Crippen LogP contribution in [-0.2, 0) is 6.54 Å². The second-order valence-corrected chi connectivity index (χ2v) is 4.97. The summed E-state index contributed by atoms with van der Waals surface area (Å²) in [6.07, 6.45) is 0.646. The number of nitrogens with zero attached hydrogens (tertiary/aromatic N) is 4. The fraction of sp³-hybridized carbons (Fsp3) is 0.462. The van der Waals surface area contributed by atoms with E-state index in [9.17, 15) is 14.9 Å². The molecule has 2 rings (SSSR count). The molecule has 0 aliphatic carbocycles. The summed E-state index contributed by atoms with van der Waals surface area (Å²) >= 11 is 0. The number of aromatic nitrogens is 4. The second-order valence-electron chi connectivity index (χ2n) is 4.97. The van der Waals surface area contributed by atoms with Gasteiger partial charge in [-0.05, 0) is 26.3 Å². The van der Waals surface area contributed by atoms with Crippen molar-refractivity contribution >= 4 is 11.6 Å². The fourth-order valence-electron chi connectivity index (χ4n) is 2.21. The number of amides is 1. The minimum Gasteiger partial charge on any atom is -0.475 e. The summed E-state index contributed by atoms with van der Waals surface area (Å²) in [7, 11) is 1.25. The number of H-pyrrole nitrogens is 1. The van der Waals surface area contributed by atoms with Gasteiger partial charge < -0.3 is 10.1 Å². The third kappa shape index (κ3) is 3.65. The van der Waals surface area contributed by atoms with Gasteiger partial charge >= 0.3 is 11.6 Å². The molecule has 0 aliphatic heterocycles. The van der Waals surface area contributed by atoms with Gasteiger partial charge in [0.15, 0.2) is 0 Å². The van der Waals surface area contributed by atoms with Crippen LogP contribution in [0.25, 0.3) is 0 Å². The Kier molecular flexibility index (Phi) is 4.94. The fourth-order valence-corrected chi connectivity index (χ4v) is 2.21. The first-order valence-corrected chi connectivity index (χ1v) is 7.00. The number of methoxy groups -OCH3 is 1. The van der Waals surface area contributed by atoms with Crippen molar-refractivity contribution in [3.8, 4) is 5.88 Å². The molecule has 2 heterocycles. The van der Waals surface area contributed by atoms with Crippen LogP contribution >= 0.6 is 0 Å². The maximum absolute atomic E-state index is 12.0. The van der Waals surface area contributed by atoms with Crippen LogP contribution in [0.5, 0.6) is 5.88 Å². The molecule has 2 aromatic heterocycles.